The molecule has 170 valence electrons. The van der Waals surface area contributed by atoms with Crippen molar-refractivity contribution in [3.63, 3.8) is 0 Å². The minimum Gasteiger partial charge on any atom is -0.393 e. The summed E-state index contributed by atoms with van der Waals surface area (Å²) in [5.74, 6) is 0.362. The summed E-state index contributed by atoms with van der Waals surface area (Å²) in [4.78, 5) is 31.7. The molecule has 5 rings (SSSR count). The number of rotatable bonds is 4. The van der Waals surface area contributed by atoms with E-state index in [9.17, 15) is 19.8 Å². The van der Waals surface area contributed by atoms with Crippen molar-refractivity contribution in [3.05, 3.63) is 23.8 Å². The summed E-state index contributed by atoms with van der Waals surface area (Å²) in [6.07, 6.45) is 8.89. The molecule has 4 aliphatic carbocycles. The number of carbonyl (C=O) groups excluding carboxylic acids is 2. The summed E-state index contributed by atoms with van der Waals surface area (Å²) >= 11 is 0. The molecule has 1 saturated heterocycles. The maximum atomic E-state index is 13.3. The zero-order chi connectivity index (χ0) is 22.2. The van der Waals surface area contributed by atoms with Crippen molar-refractivity contribution in [2.45, 2.75) is 64.6 Å². The molecule has 1 aliphatic heterocycles. The Morgan fingerprint density at radius 3 is 2.84 bits per heavy atom. The van der Waals surface area contributed by atoms with Crippen molar-refractivity contribution in [1.82, 2.24) is 5.06 Å². The summed E-state index contributed by atoms with van der Waals surface area (Å²) in [5, 5.41) is 23.4. The van der Waals surface area contributed by atoms with Gasteiger partial charge in [-0.2, -0.15) is 5.06 Å². The van der Waals surface area contributed by atoms with Gasteiger partial charge in [0, 0.05) is 35.8 Å². The normalized spacial score (nSPS) is 48.6. The van der Waals surface area contributed by atoms with Gasteiger partial charge in [0.1, 0.15) is 6.61 Å². The van der Waals surface area contributed by atoms with Gasteiger partial charge in [-0.05, 0) is 56.1 Å². The average Bonchev–Trinajstić information content (AvgIpc) is 3.20. The summed E-state index contributed by atoms with van der Waals surface area (Å²) < 4.78 is 0. The van der Waals surface area contributed by atoms with Crippen molar-refractivity contribution in [2.24, 2.45) is 34.5 Å². The highest BCUT2D eigenvalue weighted by Crippen LogP contribution is 2.70. The van der Waals surface area contributed by atoms with E-state index < -0.39 is 23.7 Å². The SMILES string of the molecule is CCCN1C[C@@H]2CC3C4CCC5=CC(=O)C=C[C@]5(C)C4[C@@H](O)C[C@]3(C)[C@]2(C(=O)CO)O1. The fourth-order valence-electron chi connectivity index (χ4n) is 8.44. The molecule has 6 heteroatoms. The van der Waals surface area contributed by atoms with Gasteiger partial charge in [-0.15, -0.1) is 0 Å². The van der Waals surface area contributed by atoms with Crippen LogP contribution in [0.2, 0.25) is 0 Å². The molecule has 4 fully saturated rings. The lowest BCUT2D eigenvalue weighted by Gasteiger charge is -2.59. The molecular formula is C25H35NO5. The predicted octanol–water partition coefficient (Wildman–Crippen LogP) is 2.45. The lowest BCUT2D eigenvalue weighted by molar-refractivity contribution is -0.251. The number of nitrogens with zero attached hydrogens (tertiary/aromatic N) is 1. The molecule has 5 aliphatic rings. The molecule has 0 aromatic heterocycles. The largest absolute Gasteiger partial charge is 0.393 e. The van der Waals surface area contributed by atoms with Crippen LogP contribution in [-0.4, -0.2) is 58.2 Å². The molecule has 1 heterocycles. The van der Waals surface area contributed by atoms with Crippen LogP contribution in [0.5, 0.6) is 0 Å². The van der Waals surface area contributed by atoms with Crippen molar-refractivity contribution in [1.29, 1.82) is 0 Å². The van der Waals surface area contributed by atoms with E-state index in [0.29, 0.717) is 13.0 Å². The molecule has 3 unspecified atom stereocenters. The molecule has 0 aromatic carbocycles. The fraction of sp³-hybridized carbons (Fsp3) is 0.760. The van der Waals surface area contributed by atoms with E-state index in [4.69, 9.17) is 4.84 Å². The standard InChI is InChI=1S/C25H35NO5/c1-4-9-26-13-16-11-19-18-6-5-15-10-17(28)7-8-23(15,2)22(18)20(29)12-24(19,3)25(16,31-26)21(30)14-27/h7-8,10,16,18-20,22,27,29H,4-6,9,11-14H2,1-3H3/t16-,18?,19?,20-,22?,23-,24-,25-/m0/s1. The first-order valence-electron chi connectivity index (χ1n) is 11.9. The van der Waals surface area contributed by atoms with Crippen LogP contribution in [-0.2, 0) is 14.4 Å². The molecule has 2 N–H and O–H groups in total. The number of aliphatic hydroxyl groups excluding tert-OH is 2. The molecule has 31 heavy (non-hydrogen) atoms. The molecule has 0 spiro atoms. The van der Waals surface area contributed by atoms with Gasteiger partial charge < -0.3 is 10.2 Å². The van der Waals surface area contributed by atoms with Crippen LogP contribution in [0.4, 0.5) is 0 Å². The number of allylic oxidation sites excluding steroid dienone is 4. The number of hydroxylamine groups is 2. The smallest absolute Gasteiger partial charge is 0.192 e. The third-order valence-electron chi connectivity index (χ3n) is 9.58. The van der Waals surface area contributed by atoms with Gasteiger partial charge in [0.05, 0.1) is 6.10 Å². The van der Waals surface area contributed by atoms with Crippen LogP contribution in [0.25, 0.3) is 0 Å². The zero-order valence-electron chi connectivity index (χ0n) is 18.8. The van der Waals surface area contributed by atoms with Crippen LogP contribution in [0, 0.1) is 34.5 Å². The van der Waals surface area contributed by atoms with E-state index >= 15 is 0 Å². The Labute approximate surface area is 184 Å². The Balaban J connectivity index is 1.55. The van der Waals surface area contributed by atoms with E-state index in [-0.39, 0.29) is 40.7 Å². The van der Waals surface area contributed by atoms with Crippen molar-refractivity contribution >= 4 is 11.6 Å². The van der Waals surface area contributed by atoms with E-state index in [1.807, 2.05) is 11.1 Å². The summed E-state index contributed by atoms with van der Waals surface area (Å²) in [7, 11) is 0. The first-order chi connectivity index (χ1) is 14.7. The van der Waals surface area contributed by atoms with Gasteiger partial charge in [-0.3, -0.25) is 14.4 Å². The van der Waals surface area contributed by atoms with Gasteiger partial charge in [0.25, 0.3) is 0 Å². The van der Waals surface area contributed by atoms with Gasteiger partial charge in [0.2, 0.25) is 0 Å². The minimum absolute atomic E-state index is 0.0294. The predicted molar refractivity (Wildman–Crippen MR) is 115 cm³/mol. The summed E-state index contributed by atoms with van der Waals surface area (Å²) in [5.41, 5.74) is -0.762. The van der Waals surface area contributed by atoms with Crippen LogP contribution in [0.3, 0.4) is 0 Å². The van der Waals surface area contributed by atoms with E-state index in [2.05, 4.69) is 20.8 Å². The average molecular weight is 430 g/mol. The Morgan fingerprint density at radius 1 is 1.35 bits per heavy atom. The number of hydrogen-bond acceptors (Lipinski definition) is 6. The highest BCUT2D eigenvalue weighted by Gasteiger charge is 2.75. The van der Waals surface area contributed by atoms with Gasteiger partial charge in [-0.25, -0.2) is 0 Å². The lowest BCUT2D eigenvalue weighted by Crippen LogP contribution is -2.63. The topological polar surface area (TPSA) is 87.1 Å². The Morgan fingerprint density at radius 2 is 2.13 bits per heavy atom. The van der Waals surface area contributed by atoms with Crippen LogP contribution in [0.15, 0.2) is 23.8 Å². The number of aliphatic hydroxyl groups is 2. The second kappa shape index (κ2) is 7.08. The first-order valence-corrected chi connectivity index (χ1v) is 11.9. The van der Waals surface area contributed by atoms with E-state index in [0.717, 1.165) is 37.8 Å². The monoisotopic (exact) mass is 429 g/mol. The lowest BCUT2D eigenvalue weighted by atomic mass is 9.46. The molecule has 0 aromatic rings. The van der Waals surface area contributed by atoms with E-state index in [1.54, 1.807) is 12.2 Å². The third kappa shape index (κ3) is 2.65. The fourth-order valence-corrected chi connectivity index (χ4v) is 8.44. The zero-order valence-corrected chi connectivity index (χ0v) is 18.8. The minimum atomic E-state index is -1.05. The Kier molecular flexibility index (Phi) is 4.91. The Hall–Kier alpha value is -1.34. The molecular weight excluding hydrogens is 394 g/mol. The third-order valence-corrected chi connectivity index (χ3v) is 9.58. The number of carbonyl (C=O) groups is 2. The molecule has 8 atom stereocenters. The second-order valence-electron chi connectivity index (χ2n) is 10.9. The van der Waals surface area contributed by atoms with Crippen molar-refractivity contribution in [2.75, 3.05) is 19.7 Å². The number of fused-ring (bicyclic) bond motifs is 7. The molecule has 0 radical (unpaired) electrons. The van der Waals surface area contributed by atoms with Gasteiger partial charge in [-0.1, -0.05) is 32.4 Å². The summed E-state index contributed by atoms with van der Waals surface area (Å²) in [6.45, 7) is 7.31. The Bertz CT molecular complexity index is 866. The first kappa shape index (κ1) is 21.5. The maximum absolute atomic E-state index is 13.3. The number of ketones is 2. The highest BCUT2D eigenvalue weighted by atomic mass is 16.7. The maximum Gasteiger partial charge on any atom is 0.192 e. The molecule has 0 bridgehead atoms. The van der Waals surface area contributed by atoms with Crippen LogP contribution >= 0.6 is 0 Å². The highest BCUT2D eigenvalue weighted by molar-refractivity contribution is 6.01. The van der Waals surface area contributed by atoms with Crippen molar-refractivity contribution in [3.8, 4) is 0 Å². The number of Topliss-reactive ketones (excluding diaryl/α,β-unsaturated/α-hetero) is 1. The van der Waals surface area contributed by atoms with Crippen LogP contribution < -0.4 is 0 Å². The molecule has 6 nitrogen and oxygen atoms in total. The van der Waals surface area contributed by atoms with Crippen molar-refractivity contribution < 1.29 is 24.6 Å². The van der Waals surface area contributed by atoms with Gasteiger partial charge >= 0.3 is 0 Å². The molecule has 3 saturated carbocycles. The summed E-state index contributed by atoms with van der Waals surface area (Å²) in [6, 6.07) is 0. The van der Waals surface area contributed by atoms with Gasteiger partial charge in [0.15, 0.2) is 17.2 Å². The number of hydrogen-bond donors (Lipinski definition) is 2. The second-order valence-corrected chi connectivity index (χ2v) is 10.9. The van der Waals surface area contributed by atoms with Crippen LogP contribution in [0.1, 0.15) is 52.9 Å². The quantitative estimate of drug-likeness (QED) is 0.714. The van der Waals surface area contributed by atoms with E-state index in [1.165, 1.54) is 0 Å². The molecule has 0 amide bonds.